The lowest BCUT2D eigenvalue weighted by Crippen LogP contribution is -2.07. The Morgan fingerprint density at radius 3 is 2.74 bits per heavy atom. The quantitative estimate of drug-likeness (QED) is 0.851. The Labute approximate surface area is 118 Å². The molecule has 0 aliphatic rings. The minimum absolute atomic E-state index is 0.136. The summed E-state index contributed by atoms with van der Waals surface area (Å²) >= 11 is 5.21. The van der Waals surface area contributed by atoms with Crippen molar-refractivity contribution in [1.82, 2.24) is 9.97 Å². The molecule has 1 aromatic heterocycles. The number of hydrogen-bond acceptors (Lipinski definition) is 3. The third kappa shape index (κ3) is 3.41. The van der Waals surface area contributed by atoms with Crippen LogP contribution >= 0.6 is 12.2 Å². The van der Waals surface area contributed by atoms with E-state index in [9.17, 15) is 0 Å². The van der Waals surface area contributed by atoms with Crippen molar-refractivity contribution in [3.05, 3.63) is 40.8 Å². The van der Waals surface area contributed by atoms with E-state index in [1.165, 1.54) is 0 Å². The summed E-state index contributed by atoms with van der Waals surface area (Å²) in [4.78, 5) is 7.59. The molecule has 1 aromatic carbocycles. The fourth-order valence-corrected chi connectivity index (χ4v) is 2.09. The van der Waals surface area contributed by atoms with Crippen LogP contribution in [0.4, 0.5) is 0 Å². The second kappa shape index (κ2) is 5.97. The first-order chi connectivity index (χ1) is 9.10. The molecule has 0 unspecified atom stereocenters. The Kier molecular flexibility index (Phi) is 4.32. The van der Waals surface area contributed by atoms with E-state index in [1.807, 2.05) is 51.1 Å². The highest BCUT2D eigenvalue weighted by molar-refractivity contribution is 7.71. The molecule has 1 N–H and O–H groups in total. The molecular weight excluding hydrogens is 256 g/mol. The predicted molar refractivity (Wildman–Crippen MR) is 80.0 cm³/mol. The monoisotopic (exact) mass is 274 g/mol. The number of aryl methyl sites for hydroxylation is 1. The number of nitrogens with zero attached hydrogens (tertiary/aromatic N) is 1. The minimum Gasteiger partial charge on any atom is -0.490 e. The zero-order valence-corrected chi connectivity index (χ0v) is 12.3. The second-order valence-corrected chi connectivity index (χ2v) is 5.01. The van der Waals surface area contributed by atoms with Crippen molar-refractivity contribution < 1.29 is 4.74 Å². The van der Waals surface area contributed by atoms with Crippen molar-refractivity contribution in [2.45, 2.75) is 33.3 Å². The summed E-state index contributed by atoms with van der Waals surface area (Å²) in [5, 5.41) is 0. The molecule has 0 spiro atoms. The molecule has 0 fully saturated rings. The summed E-state index contributed by atoms with van der Waals surface area (Å²) < 4.78 is 6.44. The lowest BCUT2D eigenvalue weighted by molar-refractivity contribution is 0.243. The van der Waals surface area contributed by atoms with Crippen molar-refractivity contribution >= 4 is 12.2 Å². The maximum absolute atomic E-state index is 5.84. The summed E-state index contributed by atoms with van der Waals surface area (Å²) in [7, 11) is 0. The topological polar surface area (TPSA) is 37.9 Å². The molecule has 1 heterocycles. The van der Waals surface area contributed by atoms with Crippen molar-refractivity contribution in [2.75, 3.05) is 0 Å². The molecular formula is C15H18N2OS. The van der Waals surface area contributed by atoms with E-state index in [1.54, 1.807) is 0 Å². The number of para-hydroxylation sites is 1. The Morgan fingerprint density at radius 2 is 2.05 bits per heavy atom. The van der Waals surface area contributed by atoms with Crippen LogP contribution in [-0.4, -0.2) is 16.1 Å². The van der Waals surface area contributed by atoms with Gasteiger partial charge in [-0.1, -0.05) is 31.3 Å². The van der Waals surface area contributed by atoms with Gasteiger partial charge in [0, 0.05) is 12.0 Å². The van der Waals surface area contributed by atoms with Crippen molar-refractivity contribution in [2.24, 2.45) is 0 Å². The molecule has 0 aliphatic carbocycles. The summed E-state index contributed by atoms with van der Waals surface area (Å²) in [5.41, 5.74) is 1.97. The number of ether oxygens (including phenoxy) is 1. The molecule has 4 heteroatoms. The van der Waals surface area contributed by atoms with Gasteiger partial charge in [-0.3, -0.25) is 0 Å². The van der Waals surface area contributed by atoms with Crippen LogP contribution in [0, 0.1) is 4.64 Å². The van der Waals surface area contributed by atoms with E-state index in [-0.39, 0.29) is 6.10 Å². The highest BCUT2D eigenvalue weighted by Crippen LogP contribution is 2.29. The molecule has 3 nitrogen and oxygen atoms in total. The molecule has 2 rings (SSSR count). The summed E-state index contributed by atoms with van der Waals surface area (Å²) in [5.74, 6) is 1.75. The fourth-order valence-electron chi connectivity index (χ4n) is 1.87. The standard InChI is InChI=1S/C15H18N2OS/c1-4-14-16-12(9-15(19)17-14)11-7-5-6-8-13(11)18-10(2)3/h5-10H,4H2,1-3H3,(H,16,17,19). The van der Waals surface area contributed by atoms with Crippen LogP contribution in [0.1, 0.15) is 26.6 Å². The Bertz CT molecular complexity index is 620. The normalized spacial score (nSPS) is 10.7. The van der Waals surface area contributed by atoms with Gasteiger partial charge < -0.3 is 9.72 Å². The largest absolute Gasteiger partial charge is 0.490 e. The van der Waals surface area contributed by atoms with Crippen LogP contribution in [0.3, 0.4) is 0 Å². The van der Waals surface area contributed by atoms with Gasteiger partial charge >= 0.3 is 0 Å². The summed E-state index contributed by atoms with van der Waals surface area (Å²) in [6, 6.07) is 9.83. The molecule has 0 saturated carbocycles. The van der Waals surface area contributed by atoms with E-state index in [4.69, 9.17) is 17.0 Å². The average molecular weight is 274 g/mol. The SMILES string of the molecule is CCc1nc(=S)cc(-c2ccccc2OC(C)C)[nH]1. The smallest absolute Gasteiger partial charge is 0.130 e. The molecule has 2 aromatic rings. The molecule has 0 radical (unpaired) electrons. The van der Waals surface area contributed by atoms with Crippen LogP contribution in [0.2, 0.25) is 0 Å². The molecule has 0 aliphatic heterocycles. The first-order valence-corrected chi connectivity index (χ1v) is 6.87. The number of nitrogens with one attached hydrogen (secondary N) is 1. The molecule has 100 valence electrons. The van der Waals surface area contributed by atoms with Gasteiger partial charge in [0.25, 0.3) is 0 Å². The van der Waals surface area contributed by atoms with Crippen LogP contribution in [0.15, 0.2) is 30.3 Å². The number of aromatic nitrogens is 2. The molecule has 0 saturated heterocycles. The van der Waals surface area contributed by atoms with Crippen molar-refractivity contribution in [3.8, 4) is 17.0 Å². The molecule has 19 heavy (non-hydrogen) atoms. The highest BCUT2D eigenvalue weighted by atomic mass is 32.1. The van der Waals surface area contributed by atoms with E-state index in [0.29, 0.717) is 4.64 Å². The Hall–Kier alpha value is -1.68. The van der Waals surface area contributed by atoms with E-state index in [2.05, 4.69) is 9.97 Å². The maximum atomic E-state index is 5.84. The fraction of sp³-hybridized carbons (Fsp3) is 0.333. The van der Waals surface area contributed by atoms with Gasteiger partial charge in [0.05, 0.1) is 11.8 Å². The van der Waals surface area contributed by atoms with Gasteiger partial charge in [-0.05, 0) is 32.0 Å². The van der Waals surface area contributed by atoms with Gasteiger partial charge in [0.2, 0.25) is 0 Å². The highest BCUT2D eigenvalue weighted by Gasteiger charge is 2.08. The van der Waals surface area contributed by atoms with E-state index < -0.39 is 0 Å². The van der Waals surface area contributed by atoms with Crippen LogP contribution in [0.5, 0.6) is 5.75 Å². The molecule has 0 atom stereocenters. The zero-order valence-electron chi connectivity index (χ0n) is 11.4. The van der Waals surface area contributed by atoms with Crippen LogP contribution in [0.25, 0.3) is 11.3 Å². The van der Waals surface area contributed by atoms with Gasteiger partial charge in [0.15, 0.2) is 0 Å². The average Bonchev–Trinajstić information content (AvgIpc) is 2.38. The summed E-state index contributed by atoms with van der Waals surface area (Å²) in [6.45, 7) is 6.08. The zero-order chi connectivity index (χ0) is 13.8. The summed E-state index contributed by atoms with van der Waals surface area (Å²) in [6.07, 6.45) is 0.960. The maximum Gasteiger partial charge on any atom is 0.130 e. The Balaban J connectivity index is 2.52. The lowest BCUT2D eigenvalue weighted by atomic mass is 10.1. The third-order valence-electron chi connectivity index (χ3n) is 2.67. The molecule has 0 amide bonds. The first-order valence-electron chi connectivity index (χ1n) is 6.46. The predicted octanol–water partition coefficient (Wildman–Crippen LogP) is 4.16. The number of rotatable bonds is 4. The number of H-pyrrole nitrogens is 1. The Morgan fingerprint density at radius 1 is 1.32 bits per heavy atom. The van der Waals surface area contributed by atoms with E-state index >= 15 is 0 Å². The van der Waals surface area contributed by atoms with Crippen LogP contribution in [-0.2, 0) is 6.42 Å². The second-order valence-electron chi connectivity index (χ2n) is 4.60. The van der Waals surface area contributed by atoms with Crippen molar-refractivity contribution in [1.29, 1.82) is 0 Å². The third-order valence-corrected chi connectivity index (χ3v) is 2.88. The van der Waals surface area contributed by atoms with Gasteiger partial charge in [0.1, 0.15) is 16.2 Å². The van der Waals surface area contributed by atoms with Crippen molar-refractivity contribution in [3.63, 3.8) is 0 Å². The van der Waals surface area contributed by atoms with E-state index in [0.717, 1.165) is 29.3 Å². The molecule has 0 bridgehead atoms. The number of hydrogen-bond donors (Lipinski definition) is 1. The van der Waals surface area contributed by atoms with Gasteiger partial charge in [-0.15, -0.1) is 0 Å². The lowest BCUT2D eigenvalue weighted by Gasteiger charge is -2.14. The number of benzene rings is 1. The minimum atomic E-state index is 0.136. The van der Waals surface area contributed by atoms with Gasteiger partial charge in [-0.2, -0.15) is 0 Å². The first kappa shape index (κ1) is 13.7. The van der Waals surface area contributed by atoms with Gasteiger partial charge in [-0.25, -0.2) is 4.98 Å². The number of aromatic amines is 1. The van der Waals surface area contributed by atoms with Crippen LogP contribution < -0.4 is 4.74 Å².